The zero-order valence-electron chi connectivity index (χ0n) is 19.1. The SMILES string of the molecule is COc1cc(/C=C2\C(=O)NC(=O)N(c3ccc(O)cc3)C2=O)cc(Cl)c1OCc1ccc([N+](=O)[O-])cc1. The smallest absolute Gasteiger partial charge is 0.335 e. The second kappa shape index (κ2) is 10.4. The van der Waals surface area contributed by atoms with E-state index < -0.39 is 22.8 Å². The summed E-state index contributed by atoms with van der Waals surface area (Å²) < 4.78 is 11.1. The van der Waals surface area contributed by atoms with Gasteiger partial charge in [-0.3, -0.25) is 25.0 Å². The Labute approximate surface area is 214 Å². The number of barbiturate groups is 1. The molecule has 188 valence electrons. The predicted octanol–water partition coefficient (Wildman–Crippen LogP) is 4.21. The van der Waals surface area contributed by atoms with Crippen LogP contribution in [0.15, 0.2) is 66.2 Å². The van der Waals surface area contributed by atoms with Crippen LogP contribution in [0, 0.1) is 10.1 Å². The minimum Gasteiger partial charge on any atom is -0.508 e. The first-order valence-corrected chi connectivity index (χ1v) is 11.0. The molecule has 3 aromatic carbocycles. The Balaban J connectivity index is 1.60. The number of nitrogens with one attached hydrogen (secondary N) is 1. The van der Waals surface area contributed by atoms with Gasteiger partial charge in [0.2, 0.25) is 0 Å². The molecule has 0 aromatic heterocycles. The summed E-state index contributed by atoms with van der Waals surface area (Å²) in [5.41, 5.74) is 0.750. The highest BCUT2D eigenvalue weighted by Gasteiger charge is 2.36. The number of non-ortho nitro benzene ring substituents is 1. The van der Waals surface area contributed by atoms with Crippen molar-refractivity contribution < 1.29 is 33.9 Å². The van der Waals surface area contributed by atoms with Crippen LogP contribution in [0.1, 0.15) is 11.1 Å². The lowest BCUT2D eigenvalue weighted by Gasteiger charge is -2.26. The molecular formula is C25H18ClN3O8. The summed E-state index contributed by atoms with van der Waals surface area (Å²) >= 11 is 6.40. The first kappa shape index (κ1) is 25.2. The first-order valence-electron chi connectivity index (χ1n) is 10.6. The summed E-state index contributed by atoms with van der Waals surface area (Å²) in [6.45, 7) is 0.0408. The molecule has 1 saturated heterocycles. The number of phenolic OH excluding ortho intramolecular Hbond substituents is 1. The minimum absolute atomic E-state index is 0.0408. The average Bonchev–Trinajstić information content (AvgIpc) is 2.87. The molecule has 12 heteroatoms. The van der Waals surface area contributed by atoms with Crippen molar-refractivity contribution in [1.82, 2.24) is 5.32 Å². The highest BCUT2D eigenvalue weighted by molar-refractivity contribution is 6.39. The lowest BCUT2D eigenvalue weighted by molar-refractivity contribution is -0.384. The lowest BCUT2D eigenvalue weighted by Crippen LogP contribution is -2.54. The van der Waals surface area contributed by atoms with E-state index in [4.69, 9.17) is 21.1 Å². The number of hydrogen-bond acceptors (Lipinski definition) is 8. The topological polar surface area (TPSA) is 148 Å². The fraction of sp³-hybridized carbons (Fsp3) is 0.0800. The van der Waals surface area contributed by atoms with Crippen LogP contribution in [0.3, 0.4) is 0 Å². The number of rotatable bonds is 7. The molecule has 1 aliphatic heterocycles. The third-order valence-electron chi connectivity index (χ3n) is 5.30. The molecule has 4 rings (SSSR count). The van der Waals surface area contributed by atoms with Gasteiger partial charge in [0.25, 0.3) is 17.5 Å². The Kier molecular flexibility index (Phi) is 7.07. The largest absolute Gasteiger partial charge is 0.508 e. The molecule has 11 nitrogen and oxygen atoms in total. The fourth-order valence-corrected chi connectivity index (χ4v) is 3.77. The van der Waals surface area contributed by atoms with E-state index >= 15 is 0 Å². The number of imide groups is 2. The van der Waals surface area contributed by atoms with Gasteiger partial charge in [-0.15, -0.1) is 0 Å². The van der Waals surface area contributed by atoms with E-state index in [1.165, 1.54) is 61.7 Å². The van der Waals surface area contributed by atoms with Gasteiger partial charge in [-0.25, -0.2) is 9.69 Å². The number of amides is 4. The van der Waals surface area contributed by atoms with E-state index in [0.717, 1.165) is 4.90 Å². The standard InChI is InChI=1S/C25H18ClN3O8/c1-36-21-12-15(11-20(26)22(21)37-13-14-2-4-17(5-3-14)29(34)35)10-19-23(31)27-25(33)28(24(19)32)16-6-8-18(30)9-7-16/h2-12,30H,13H2,1H3,(H,27,31,33)/b19-10+. The number of nitro groups is 1. The molecule has 0 bridgehead atoms. The van der Waals surface area contributed by atoms with Crippen LogP contribution in [0.5, 0.6) is 17.2 Å². The molecule has 0 saturated carbocycles. The van der Waals surface area contributed by atoms with Gasteiger partial charge in [0.05, 0.1) is 22.7 Å². The van der Waals surface area contributed by atoms with Crippen LogP contribution in [0.4, 0.5) is 16.2 Å². The number of urea groups is 1. The molecular weight excluding hydrogens is 506 g/mol. The Bertz CT molecular complexity index is 1440. The van der Waals surface area contributed by atoms with Crippen molar-refractivity contribution in [2.45, 2.75) is 6.61 Å². The summed E-state index contributed by atoms with van der Waals surface area (Å²) in [4.78, 5) is 48.9. The third-order valence-corrected chi connectivity index (χ3v) is 5.58. The van der Waals surface area contributed by atoms with E-state index in [2.05, 4.69) is 5.32 Å². The molecule has 0 unspecified atom stereocenters. The molecule has 37 heavy (non-hydrogen) atoms. The van der Waals surface area contributed by atoms with E-state index in [1.54, 1.807) is 12.1 Å². The van der Waals surface area contributed by atoms with E-state index in [1.807, 2.05) is 0 Å². The van der Waals surface area contributed by atoms with Gasteiger partial charge in [0.15, 0.2) is 11.5 Å². The van der Waals surface area contributed by atoms with Gasteiger partial charge in [0.1, 0.15) is 17.9 Å². The van der Waals surface area contributed by atoms with Gasteiger partial charge in [-0.05, 0) is 65.7 Å². The average molecular weight is 524 g/mol. The van der Waals surface area contributed by atoms with Crippen LogP contribution in [0.25, 0.3) is 6.08 Å². The number of carbonyl (C=O) groups is 3. The maximum atomic E-state index is 13.1. The molecule has 1 aliphatic rings. The number of benzene rings is 3. The number of phenols is 1. The number of carbonyl (C=O) groups excluding carboxylic acids is 3. The Hall–Kier alpha value is -4.90. The maximum absolute atomic E-state index is 13.1. The second-order valence-corrected chi connectivity index (χ2v) is 8.13. The van der Waals surface area contributed by atoms with Gasteiger partial charge in [-0.1, -0.05) is 11.6 Å². The van der Waals surface area contributed by atoms with Crippen LogP contribution in [0.2, 0.25) is 5.02 Å². The summed E-state index contributed by atoms with van der Waals surface area (Å²) in [7, 11) is 1.38. The zero-order valence-corrected chi connectivity index (χ0v) is 19.9. The normalized spacial score (nSPS) is 14.5. The molecule has 0 atom stereocenters. The lowest BCUT2D eigenvalue weighted by atomic mass is 10.1. The van der Waals surface area contributed by atoms with Gasteiger partial charge in [-0.2, -0.15) is 0 Å². The fourth-order valence-electron chi connectivity index (χ4n) is 3.49. The van der Waals surface area contributed by atoms with Crippen LogP contribution < -0.4 is 19.7 Å². The number of aromatic hydroxyl groups is 1. The van der Waals surface area contributed by atoms with Crippen molar-refractivity contribution in [1.29, 1.82) is 0 Å². The van der Waals surface area contributed by atoms with Crippen LogP contribution in [-0.2, 0) is 16.2 Å². The third kappa shape index (κ3) is 5.36. The molecule has 0 spiro atoms. The van der Waals surface area contributed by atoms with Crippen molar-refractivity contribution >= 4 is 46.9 Å². The molecule has 0 radical (unpaired) electrons. The van der Waals surface area contributed by atoms with E-state index in [9.17, 15) is 29.6 Å². The van der Waals surface area contributed by atoms with E-state index in [-0.39, 0.29) is 45.8 Å². The highest BCUT2D eigenvalue weighted by atomic mass is 35.5. The quantitative estimate of drug-likeness (QED) is 0.202. The number of nitrogens with zero attached hydrogens (tertiary/aromatic N) is 2. The van der Waals surface area contributed by atoms with Crippen molar-refractivity contribution in [2.24, 2.45) is 0 Å². The first-order chi connectivity index (χ1) is 17.7. The van der Waals surface area contributed by atoms with Gasteiger partial charge in [0, 0.05) is 12.1 Å². The summed E-state index contributed by atoms with van der Waals surface area (Å²) in [5, 5.41) is 22.5. The van der Waals surface area contributed by atoms with Crippen molar-refractivity contribution in [3.8, 4) is 17.2 Å². The van der Waals surface area contributed by atoms with Crippen LogP contribution >= 0.6 is 11.6 Å². The Morgan fingerprint density at radius 1 is 1.08 bits per heavy atom. The Morgan fingerprint density at radius 3 is 2.38 bits per heavy atom. The highest BCUT2D eigenvalue weighted by Crippen LogP contribution is 2.38. The summed E-state index contributed by atoms with van der Waals surface area (Å²) in [6.07, 6.45) is 1.26. The van der Waals surface area contributed by atoms with Gasteiger partial charge >= 0.3 is 6.03 Å². The van der Waals surface area contributed by atoms with Crippen molar-refractivity contribution in [3.05, 3.63) is 92.5 Å². The molecule has 1 heterocycles. The molecule has 2 N–H and O–H groups in total. The van der Waals surface area contributed by atoms with Crippen molar-refractivity contribution in [2.75, 3.05) is 12.0 Å². The molecule has 3 aromatic rings. The monoisotopic (exact) mass is 523 g/mol. The number of anilines is 1. The summed E-state index contributed by atoms with van der Waals surface area (Å²) in [6, 6.07) is 13.1. The number of methoxy groups -OCH3 is 1. The molecule has 0 aliphatic carbocycles. The number of halogens is 1. The zero-order chi connectivity index (χ0) is 26.7. The van der Waals surface area contributed by atoms with Gasteiger partial charge < -0.3 is 14.6 Å². The molecule has 4 amide bonds. The number of hydrogen-bond donors (Lipinski definition) is 2. The predicted molar refractivity (Wildman–Crippen MR) is 133 cm³/mol. The number of nitro benzene ring substituents is 1. The van der Waals surface area contributed by atoms with E-state index in [0.29, 0.717) is 11.1 Å². The van der Waals surface area contributed by atoms with Crippen molar-refractivity contribution in [3.63, 3.8) is 0 Å². The molecule has 1 fully saturated rings. The second-order valence-electron chi connectivity index (χ2n) is 7.72. The maximum Gasteiger partial charge on any atom is 0.335 e. The Morgan fingerprint density at radius 2 is 1.76 bits per heavy atom. The minimum atomic E-state index is -0.927. The number of ether oxygens (including phenoxy) is 2. The van der Waals surface area contributed by atoms with Crippen LogP contribution in [-0.4, -0.2) is 35.0 Å². The summed E-state index contributed by atoms with van der Waals surface area (Å²) in [5.74, 6) is -1.42.